The van der Waals surface area contributed by atoms with Gasteiger partial charge in [-0.25, -0.2) is 4.98 Å². The second-order valence-corrected chi connectivity index (χ2v) is 4.27. The van der Waals surface area contributed by atoms with E-state index in [1.54, 1.807) is 17.8 Å². The fourth-order valence-corrected chi connectivity index (χ4v) is 1.71. The van der Waals surface area contributed by atoms with Crippen LogP contribution < -0.4 is 10.9 Å². The molecule has 0 saturated heterocycles. The standard InChI is InChI=1S/C14H17N3O/c1-11-10-16-13(14(18)17(11)2)15-9-8-12-6-4-3-5-7-12/h3-7,10H,8-9H2,1-2H3,(H,15,16). The summed E-state index contributed by atoms with van der Waals surface area (Å²) in [5, 5.41) is 3.09. The van der Waals surface area contributed by atoms with Crippen LogP contribution in [-0.4, -0.2) is 16.1 Å². The zero-order valence-electron chi connectivity index (χ0n) is 10.7. The molecular weight excluding hydrogens is 226 g/mol. The molecule has 1 aromatic heterocycles. The normalized spacial score (nSPS) is 10.3. The van der Waals surface area contributed by atoms with Gasteiger partial charge in [0.05, 0.1) is 0 Å². The summed E-state index contributed by atoms with van der Waals surface area (Å²) < 4.78 is 1.60. The van der Waals surface area contributed by atoms with Crippen molar-refractivity contribution < 1.29 is 0 Å². The fourth-order valence-electron chi connectivity index (χ4n) is 1.71. The molecule has 0 atom stereocenters. The lowest BCUT2D eigenvalue weighted by molar-refractivity contribution is 0.798. The van der Waals surface area contributed by atoms with E-state index in [1.807, 2.05) is 25.1 Å². The summed E-state index contributed by atoms with van der Waals surface area (Å²) in [5.41, 5.74) is 2.02. The Balaban J connectivity index is 1.99. The van der Waals surface area contributed by atoms with Gasteiger partial charge in [-0.1, -0.05) is 30.3 Å². The third kappa shape index (κ3) is 2.77. The molecule has 0 aliphatic heterocycles. The summed E-state index contributed by atoms with van der Waals surface area (Å²) in [4.78, 5) is 16.0. The van der Waals surface area contributed by atoms with Crippen LogP contribution >= 0.6 is 0 Å². The van der Waals surface area contributed by atoms with E-state index in [0.29, 0.717) is 12.4 Å². The molecule has 1 aromatic carbocycles. The Labute approximate surface area is 106 Å². The number of anilines is 1. The Hall–Kier alpha value is -2.10. The van der Waals surface area contributed by atoms with Crippen LogP contribution in [0.4, 0.5) is 5.82 Å². The van der Waals surface area contributed by atoms with E-state index in [4.69, 9.17) is 0 Å². The second kappa shape index (κ2) is 5.49. The van der Waals surface area contributed by atoms with Gasteiger partial charge in [0, 0.05) is 25.5 Å². The van der Waals surface area contributed by atoms with Crippen LogP contribution in [-0.2, 0) is 13.5 Å². The highest BCUT2D eigenvalue weighted by atomic mass is 16.1. The van der Waals surface area contributed by atoms with Crippen molar-refractivity contribution in [1.29, 1.82) is 0 Å². The van der Waals surface area contributed by atoms with Crippen molar-refractivity contribution >= 4 is 5.82 Å². The molecule has 4 nitrogen and oxygen atoms in total. The number of nitrogens with zero attached hydrogens (tertiary/aromatic N) is 2. The Morgan fingerprint density at radius 1 is 1.28 bits per heavy atom. The number of rotatable bonds is 4. The third-order valence-corrected chi connectivity index (χ3v) is 2.97. The van der Waals surface area contributed by atoms with Gasteiger partial charge in [0.1, 0.15) is 0 Å². The van der Waals surface area contributed by atoms with Crippen molar-refractivity contribution in [2.45, 2.75) is 13.3 Å². The maximum atomic E-state index is 11.9. The molecule has 2 rings (SSSR count). The predicted molar refractivity (Wildman–Crippen MR) is 72.9 cm³/mol. The number of benzene rings is 1. The SMILES string of the molecule is Cc1cnc(NCCc2ccccc2)c(=O)n1C. The number of nitrogens with one attached hydrogen (secondary N) is 1. The first kappa shape index (κ1) is 12.4. The first-order valence-electron chi connectivity index (χ1n) is 5.99. The van der Waals surface area contributed by atoms with Crippen LogP contribution in [0.3, 0.4) is 0 Å². The van der Waals surface area contributed by atoms with E-state index in [9.17, 15) is 4.79 Å². The Bertz CT molecular complexity index is 575. The average molecular weight is 243 g/mol. The van der Waals surface area contributed by atoms with Crippen molar-refractivity contribution in [3.63, 3.8) is 0 Å². The molecule has 0 amide bonds. The Morgan fingerprint density at radius 2 is 2.00 bits per heavy atom. The monoisotopic (exact) mass is 243 g/mol. The molecule has 4 heteroatoms. The summed E-state index contributed by atoms with van der Waals surface area (Å²) in [6.45, 7) is 2.57. The van der Waals surface area contributed by atoms with Gasteiger partial charge >= 0.3 is 0 Å². The molecular formula is C14H17N3O. The topological polar surface area (TPSA) is 46.9 Å². The van der Waals surface area contributed by atoms with Gasteiger partial charge in [-0.05, 0) is 18.9 Å². The second-order valence-electron chi connectivity index (χ2n) is 4.27. The van der Waals surface area contributed by atoms with Crippen LogP contribution in [0.5, 0.6) is 0 Å². The number of hydrogen-bond donors (Lipinski definition) is 1. The molecule has 0 radical (unpaired) electrons. The third-order valence-electron chi connectivity index (χ3n) is 2.97. The predicted octanol–water partition coefficient (Wildman–Crippen LogP) is 1.74. The van der Waals surface area contributed by atoms with Crippen LogP contribution in [0.25, 0.3) is 0 Å². The Kier molecular flexibility index (Phi) is 3.77. The lowest BCUT2D eigenvalue weighted by Crippen LogP contribution is -2.24. The maximum absolute atomic E-state index is 11.9. The van der Waals surface area contributed by atoms with Crippen molar-refractivity contribution in [2.75, 3.05) is 11.9 Å². The van der Waals surface area contributed by atoms with E-state index in [-0.39, 0.29) is 5.56 Å². The van der Waals surface area contributed by atoms with E-state index in [2.05, 4.69) is 22.4 Å². The molecule has 0 saturated carbocycles. The van der Waals surface area contributed by atoms with Crippen molar-refractivity contribution in [1.82, 2.24) is 9.55 Å². The molecule has 0 fully saturated rings. The molecule has 18 heavy (non-hydrogen) atoms. The molecule has 0 bridgehead atoms. The van der Waals surface area contributed by atoms with Crippen LogP contribution in [0.2, 0.25) is 0 Å². The van der Waals surface area contributed by atoms with Gasteiger partial charge in [0.15, 0.2) is 5.82 Å². The van der Waals surface area contributed by atoms with Crippen LogP contribution in [0.1, 0.15) is 11.3 Å². The molecule has 0 unspecified atom stereocenters. The minimum Gasteiger partial charge on any atom is -0.365 e. The highest BCUT2D eigenvalue weighted by Crippen LogP contribution is 2.01. The van der Waals surface area contributed by atoms with E-state index in [0.717, 1.165) is 12.1 Å². The molecule has 2 aromatic rings. The molecule has 0 spiro atoms. The minimum atomic E-state index is -0.0805. The molecule has 0 aliphatic rings. The van der Waals surface area contributed by atoms with Crippen molar-refractivity contribution in [3.8, 4) is 0 Å². The van der Waals surface area contributed by atoms with Crippen LogP contribution in [0.15, 0.2) is 41.3 Å². The summed E-state index contributed by atoms with van der Waals surface area (Å²) in [5.74, 6) is 0.416. The van der Waals surface area contributed by atoms with E-state index in [1.165, 1.54) is 5.56 Å². The largest absolute Gasteiger partial charge is 0.365 e. The summed E-state index contributed by atoms with van der Waals surface area (Å²) in [6.07, 6.45) is 2.58. The number of aryl methyl sites for hydroxylation is 1. The summed E-state index contributed by atoms with van der Waals surface area (Å²) in [7, 11) is 1.75. The van der Waals surface area contributed by atoms with Crippen LogP contribution in [0, 0.1) is 6.92 Å². The van der Waals surface area contributed by atoms with Gasteiger partial charge < -0.3 is 9.88 Å². The zero-order chi connectivity index (χ0) is 13.0. The first-order chi connectivity index (χ1) is 8.68. The number of aromatic nitrogens is 2. The lowest BCUT2D eigenvalue weighted by atomic mass is 10.1. The maximum Gasteiger partial charge on any atom is 0.293 e. The van der Waals surface area contributed by atoms with Crippen molar-refractivity contribution in [2.24, 2.45) is 7.05 Å². The van der Waals surface area contributed by atoms with Gasteiger partial charge in [0.25, 0.3) is 5.56 Å². The van der Waals surface area contributed by atoms with Crippen molar-refractivity contribution in [3.05, 3.63) is 58.1 Å². The summed E-state index contributed by atoms with van der Waals surface area (Å²) in [6, 6.07) is 10.2. The fraction of sp³-hybridized carbons (Fsp3) is 0.286. The smallest absolute Gasteiger partial charge is 0.293 e. The molecule has 1 heterocycles. The highest BCUT2D eigenvalue weighted by Gasteiger charge is 2.03. The average Bonchev–Trinajstić information content (AvgIpc) is 2.40. The van der Waals surface area contributed by atoms with E-state index < -0.39 is 0 Å². The highest BCUT2D eigenvalue weighted by molar-refractivity contribution is 5.32. The van der Waals surface area contributed by atoms with Gasteiger partial charge in [-0.15, -0.1) is 0 Å². The zero-order valence-corrected chi connectivity index (χ0v) is 10.7. The Morgan fingerprint density at radius 3 is 2.72 bits per heavy atom. The van der Waals surface area contributed by atoms with E-state index >= 15 is 0 Å². The first-order valence-corrected chi connectivity index (χ1v) is 5.99. The quantitative estimate of drug-likeness (QED) is 0.889. The molecule has 0 aliphatic carbocycles. The number of hydrogen-bond acceptors (Lipinski definition) is 3. The molecule has 94 valence electrons. The van der Waals surface area contributed by atoms with Gasteiger partial charge in [0.2, 0.25) is 0 Å². The minimum absolute atomic E-state index is 0.0805. The summed E-state index contributed by atoms with van der Waals surface area (Å²) >= 11 is 0. The van der Waals surface area contributed by atoms with Gasteiger partial charge in [-0.3, -0.25) is 4.79 Å². The van der Waals surface area contributed by atoms with Gasteiger partial charge in [-0.2, -0.15) is 0 Å². The lowest BCUT2D eigenvalue weighted by Gasteiger charge is -2.08. The molecule has 1 N–H and O–H groups in total.